The fourth-order valence-electron chi connectivity index (χ4n) is 4.40. The number of ketones is 1. The Balaban J connectivity index is 0.000000634. The number of hydrogen-bond acceptors (Lipinski definition) is 8. The molecule has 0 saturated heterocycles. The van der Waals surface area contributed by atoms with Crippen molar-refractivity contribution in [3.05, 3.63) is 66.1 Å². The van der Waals surface area contributed by atoms with Crippen molar-refractivity contribution in [2.24, 2.45) is 4.99 Å². The molecule has 0 unspecified atom stereocenters. The molecule has 1 aromatic heterocycles. The zero-order valence-corrected chi connectivity index (χ0v) is 22.9. The second-order valence-electron chi connectivity index (χ2n) is 9.39. The molecule has 10 nitrogen and oxygen atoms in total. The molecule has 1 aliphatic heterocycles. The van der Waals surface area contributed by atoms with Crippen LogP contribution in [0.4, 0.5) is 0 Å². The second kappa shape index (κ2) is 12.8. The third-order valence-electron chi connectivity index (χ3n) is 6.60. The van der Waals surface area contributed by atoms with E-state index >= 15 is 0 Å². The van der Waals surface area contributed by atoms with Gasteiger partial charge >= 0.3 is 0 Å². The van der Waals surface area contributed by atoms with Crippen LogP contribution in [0.15, 0.2) is 69.0 Å². The monoisotopic (exact) mass is 551 g/mol. The first-order valence-electron chi connectivity index (χ1n) is 13.3. The van der Waals surface area contributed by atoms with Crippen LogP contribution in [-0.4, -0.2) is 48.2 Å². The largest absolute Gasteiger partial charge is 0.344 e. The number of sulfonamides is 1. The number of nitrogens with zero attached hydrogens (tertiary/aromatic N) is 3. The third-order valence-corrected chi connectivity index (χ3v) is 7.99. The molecule has 1 saturated carbocycles. The van der Waals surface area contributed by atoms with Crippen molar-refractivity contribution in [2.75, 3.05) is 0 Å². The second-order valence-corrected chi connectivity index (χ2v) is 11.0. The normalized spacial score (nSPS) is 17.8. The topological polar surface area (TPSA) is 144 Å². The Bertz CT molecular complexity index is 1420. The predicted molar refractivity (Wildman–Crippen MR) is 147 cm³/mol. The van der Waals surface area contributed by atoms with E-state index in [4.69, 9.17) is 4.52 Å². The first kappa shape index (κ1) is 28.2. The lowest BCUT2D eigenvalue weighted by molar-refractivity contribution is -0.122. The van der Waals surface area contributed by atoms with E-state index in [2.05, 4.69) is 25.2 Å². The van der Waals surface area contributed by atoms with Gasteiger partial charge in [-0.15, -0.1) is 0 Å². The van der Waals surface area contributed by atoms with Crippen molar-refractivity contribution < 1.29 is 22.5 Å². The zero-order valence-electron chi connectivity index (χ0n) is 22.1. The van der Waals surface area contributed by atoms with E-state index in [0.29, 0.717) is 17.5 Å². The molecule has 2 aromatic carbocycles. The molecule has 1 amide bonds. The van der Waals surface area contributed by atoms with Crippen LogP contribution >= 0.6 is 0 Å². The minimum atomic E-state index is -3.73. The van der Waals surface area contributed by atoms with Crippen molar-refractivity contribution in [3.63, 3.8) is 0 Å². The SMILES string of the molecule is C1CCCC1.CC[C@H](N=C1NS(=O)(=O)c2ccccc21)C(=O)N[C@@H](CC)C(=O)c1nc(-c2ccccc2)no1. The number of rotatable bonds is 8. The summed E-state index contributed by atoms with van der Waals surface area (Å²) >= 11 is 0. The Kier molecular flexibility index (Phi) is 9.23. The quantitative estimate of drug-likeness (QED) is 0.398. The van der Waals surface area contributed by atoms with Gasteiger partial charge in [0, 0.05) is 11.1 Å². The van der Waals surface area contributed by atoms with Gasteiger partial charge in [-0.1, -0.05) is 93.6 Å². The number of Topliss-reactive ketones (excluding diaryl/α,β-unsaturated/α-hetero) is 1. The highest BCUT2D eigenvalue weighted by Gasteiger charge is 2.33. The number of hydrogen-bond donors (Lipinski definition) is 2. The summed E-state index contributed by atoms with van der Waals surface area (Å²) < 4.78 is 32.2. The van der Waals surface area contributed by atoms with Crippen LogP contribution in [-0.2, 0) is 14.8 Å². The van der Waals surface area contributed by atoms with Crippen molar-refractivity contribution in [1.29, 1.82) is 0 Å². The van der Waals surface area contributed by atoms with Crippen LogP contribution < -0.4 is 10.0 Å². The number of nitrogens with one attached hydrogen (secondary N) is 2. The molecule has 206 valence electrons. The highest BCUT2D eigenvalue weighted by Crippen LogP contribution is 2.23. The number of aromatic nitrogens is 2. The van der Waals surface area contributed by atoms with Crippen LogP contribution in [0.5, 0.6) is 0 Å². The van der Waals surface area contributed by atoms with Gasteiger partial charge in [0.1, 0.15) is 11.9 Å². The number of carbonyl (C=O) groups is 2. The van der Waals surface area contributed by atoms with E-state index in [1.165, 1.54) is 38.2 Å². The van der Waals surface area contributed by atoms with Crippen LogP contribution in [0.2, 0.25) is 0 Å². The summed E-state index contributed by atoms with van der Waals surface area (Å²) in [5.74, 6) is -0.860. The van der Waals surface area contributed by atoms with Crippen LogP contribution in [0, 0.1) is 0 Å². The molecule has 5 rings (SSSR count). The number of amides is 1. The van der Waals surface area contributed by atoms with Gasteiger partial charge in [0.15, 0.2) is 0 Å². The van der Waals surface area contributed by atoms with Gasteiger partial charge in [-0.25, -0.2) is 8.42 Å². The van der Waals surface area contributed by atoms with Gasteiger partial charge in [-0.2, -0.15) is 4.98 Å². The van der Waals surface area contributed by atoms with Crippen LogP contribution in [0.1, 0.15) is 75.0 Å². The molecule has 0 spiro atoms. The van der Waals surface area contributed by atoms with Crippen LogP contribution in [0.3, 0.4) is 0 Å². The minimum Gasteiger partial charge on any atom is -0.344 e. The van der Waals surface area contributed by atoms with E-state index in [-0.39, 0.29) is 28.9 Å². The summed E-state index contributed by atoms with van der Waals surface area (Å²) in [5.41, 5.74) is 1.10. The maximum absolute atomic E-state index is 13.0. The lowest BCUT2D eigenvalue weighted by Crippen LogP contribution is -2.45. The average molecular weight is 552 g/mol. The first-order valence-corrected chi connectivity index (χ1v) is 14.8. The molecule has 11 heteroatoms. The van der Waals surface area contributed by atoms with Crippen molar-refractivity contribution in [3.8, 4) is 11.4 Å². The van der Waals surface area contributed by atoms with E-state index in [1.54, 1.807) is 44.2 Å². The number of amidine groups is 1. The molecule has 0 radical (unpaired) electrons. The fraction of sp³-hybridized carbons (Fsp3) is 0.393. The molecule has 1 aliphatic carbocycles. The molecular weight excluding hydrogens is 518 g/mol. The summed E-state index contributed by atoms with van der Waals surface area (Å²) in [6.45, 7) is 3.49. The number of aliphatic imine (C=N–C) groups is 1. The Labute approximate surface area is 228 Å². The van der Waals surface area contributed by atoms with Crippen molar-refractivity contribution in [1.82, 2.24) is 20.2 Å². The first-order chi connectivity index (χ1) is 18.8. The third kappa shape index (κ3) is 6.78. The fourth-order valence-corrected chi connectivity index (χ4v) is 5.64. The maximum atomic E-state index is 13.0. The lowest BCUT2D eigenvalue weighted by Gasteiger charge is -2.17. The predicted octanol–water partition coefficient (Wildman–Crippen LogP) is 4.28. The van der Waals surface area contributed by atoms with Gasteiger partial charge in [0.05, 0.1) is 10.9 Å². The zero-order chi connectivity index (χ0) is 27.8. The smallest absolute Gasteiger partial charge is 0.296 e. The van der Waals surface area contributed by atoms with Gasteiger partial charge in [-0.05, 0) is 25.0 Å². The van der Waals surface area contributed by atoms with Crippen molar-refractivity contribution >= 4 is 27.5 Å². The van der Waals surface area contributed by atoms with E-state index in [0.717, 1.165) is 0 Å². The molecule has 2 aliphatic rings. The van der Waals surface area contributed by atoms with E-state index in [1.807, 2.05) is 18.2 Å². The number of fused-ring (bicyclic) bond motifs is 1. The summed E-state index contributed by atoms with van der Waals surface area (Å²) in [4.78, 5) is 34.5. The Hall–Kier alpha value is -3.86. The number of benzene rings is 2. The Morgan fingerprint density at radius 2 is 1.62 bits per heavy atom. The van der Waals surface area contributed by atoms with Gasteiger partial charge in [0.2, 0.25) is 17.5 Å². The molecule has 39 heavy (non-hydrogen) atoms. The van der Waals surface area contributed by atoms with E-state index in [9.17, 15) is 18.0 Å². The summed E-state index contributed by atoms with van der Waals surface area (Å²) in [6.07, 6.45) is 8.08. The summed E-state index contributed by atoms with van der Waals surface area (Å²) in [7, 11) is -3.73. The van der Waals surface area contributed by atoms with Crippen LogP contribution in [0.25, 0.3) is 11.4 Å². The molecule has 2 atom stereocenters. The average Bonchev–Trinajstić information content (AvgIpc) is 3.73. The molecular formula is C28H33N5O5S. The number of carbonyl (C=O) groups excluding carboxylic acids is 2. The van der Waals surface area contributed by atoms with Gasteiger partial charge < -0.3 is 9.84 Å². The van der Waals surface area contributed by atoms with Crippen molar-refractivity contribution in [2.45, 2.75) is 75.8 Å². The summed E-state index contributed by atoms with van der Waals surface area (Å²) in [6, 6.07) is 13.6. The van der Waals surface area contributed by atoms with Gasteiger partial charge in [0.25, 0.3) is 15.9 Å². The summed E-state index contributed by atoms with van der Waals surface area (Å²) in [5, 5.41) is 6.53. The minimum absolute atomic E-state index is 0.0985. The van der Waals surface area contributed by atoms with Gasteiger partial charge in [-0.3, -0.25) is 19.3 Å². The maximum Gasteiger partial charge on any atom is 0.296 e. The molecule has 2 heterocycles. The highest BCUT2D eigenvalue weighted by molar-refractivity contribution is 7.90. The molecule has 2 N–H and O–H groups in total. The molecule has 0 bridgehead atoms. The Morgan fingerprint density at radius 1 is 0.974 bits per heavy atom. The Morgan fingerprint density at radius 3 is 2.26 bits per heavy atom. The standard InChI is InChI=1S/C23H23N5O5S.C5H10/c1-3-16(19(29)23-26-20(27-33-23)14-10-6-5-7-11-14)25-22(30)17(4-2)24-21-15-12-8-9-13-18(15)34(31,32)28-21;1-2-4-5-3-1/h5-13,16-17H,3-4H2,1-2H3,(H,24,28)(H,25,30);1-5H2/t16-,17-;/m0./s1. The highest BCUT2D eigenvalue weighted by atomic mass is 32.2. The van der Waals surface area contributed by atoms with E-state index < -0.39 is 33.8 Å². The lowest BCUT2D eigenvalue weighted by atomic mass is 10.1. The molecule has 1 fully saturated rings. The molecule has 3 aromatic rings.